The molecule has 0 fully saturated rings. The van der Waals surface area contributed by atoms with E-state index >= 15 is 0 Å². The van der Waals surface area contributed by atoms with E-state index in [1.807, 2.05) is 0 Å². The number of phenols is 2. The molecule has 184 valence electrons. The fourth-order valence-electron chi connectivity index (χ4n) is 3.47. The monoisotopic (exact) mass is 586 g/mol. The number of anilines is 1. The summed E-state index contributed by atoms with van der Waals surface area (Å²) in [4.78, 5) is 29.4. The summed E-state index contributed by atoms with van der Waals surface area (Å²) < 4.78 is 5.77. The van der Waals surface area contributed by atoms with Gasteiger partial charge in [0.25, 0.3) is 0 Å². The minimum atomic E-state index is -1.82. The van der Waals surface area contributed by atoms with Gasteiger partial charge in [-0.05, 0) is 89.4 Å². The number of benzene rings is 2. The molecule has 0 aromatic heterocycles. The number of fused-ring (bicyclic) bond motifs is 1. The lowest BCUT2D eigenvalue weighted by molar-refractivity contribution is -0.159. The number of rotatable bonds is 7. The van der Waals surface area contributed by atoms with E-state index in [2.05, 4.69) is 56.2 Å². The number of halogens is 1. The van der Waals surface area contributed by atoms with Crippen LogP contribution in [0.4, 0.5) is 5.69 Å². The highest BCUT2D eigenvalue weighted by atomic mass is 127. The lowest BCUT2D eigenvalue weighted by atomic mass is 9.90. The van der Waals surface area contributed by atoms with Crippen LogP contribution in [0, 0.1) is 3.57 Å². The number of carbonyl (C=O) groups excluding carboxylic acids is 1. The van der Waals surface area contributed by atoms with Crippen molar-refractivity contribution in [3.05, 3.63) is 50.6 Å². The molecular weight excluding hydrogens is 559 g/mol. The van der Waals surface area contributed by atoms with Gasteiger partial charge >= 0.3 is 17.9 Å². The number of hydrogen-bond donors (Lipinski definition) is 6. The lowest BCUT2D eigenvalue weighted by Gasteiger charge is -2.27. The maximum atomic E-state index is 11.2. The number of phenolic OH excluding ortho intramolecular Hbond substituents is 2. The average molecular weight is 586 g/mol. The standard InChI is InChI=1S/C21H25IN2O4.C2H2O4/c1-28-21(27)3-2-7-23-17-5-4-13(9-16(17)22)10-18-15-12-20(26)19(25)11-14(15)6-8-24-18;3-1(4)2(5)6/h4-5,9,11-12,18,23-26H,2-3,6-8,10H2,1H3;(H,3,4)(H,5,6)/t18-;/m1./s1. The summed E-state index contributed by atoms with van der Waals surface area (Å²) in [6, 6.07) is 9.76. The predicted molar refractivity (Wildman–Crippen MR) is 132 cm³/mol. The van der Waals surface area contributed by atoms with Gasteiger partial charge in [-0.15, -0.1) is 0 Å². The summed E-state index contributed by atoms with van der Waals surface area (Å²) >= 11 is 2.31. The molecule has 1 heterocycles. The molecule has 0 amide bonds. The quantitative estimate of drug-likeness (QED) is 0.0934. The molecule has 0 bridgehead atoms. The molecule has 1 aliphatic rings. The van der Waals surface area contributed by atoms with Gasteiger partial charge in [0.15, 0.2) is 11.5 Å². The average Bonchev–Trinajstić information content (AvgIpc) is 2.79. The van der Waals surface area contributed by atoms with Crippen molar-refractivity contribution in [1.82, 2.24) is 5.32 Å². The van der Waals surface area contributed by atoms with Gasteiger partial charge in [-0.25, -0.2) is 9.59 Å². The number of aliphatic carboxylic acids is 2. The number of carboxylic acid groups (broad SMARTS) is 2. The van der Waals surface area contributed by atoms with Crippen molar-refractivity contribution < 1.29 is 39.5 Å². The predicted octanol–water partition coefficient (Wildman–Crippen LogP) is 2.65. The lowest BCUT2D eigenvalue weighted by Crippen LogP contribution is -2.31. The first-order valence-electron chi connectivity index (χ1n) is 10.5. The molecule has 0 radical (unpaired) electrons. The maximum absolute atomic E-state index is 11.2. The molecule has 0 spiro atoms. The van der Waals surface area contributed by atoms with Crippen LogP contribution < -0.4 is 10.6 Å². The van der Waals surface area contributed by atoms with Gasteiger partial charge < -0.3 is 35.8 Å². The van der Waals surface area contributed by atoms with Gasteiger partial charge in [0.05, 0.1) is 7.11 Å². The Hall–Kier alpha value is -3.06. The smallest absolute Gasteiger partial charge is 0.414 e. The van der Waals surface area contributed by atoms with Crippen LogP contribution in [0.3, 0.4) is 0 Å². The van der Waals surface area contributed by atoms with E-state index in [4.69, 9.17) is 19.8 Å². The van der Waals surface area contributed by atoms with Gasteiger partial charge in [-0.2, -0.15) is 0 Å². The Morgan fingerprint density at radius 3 is 2.41 bits per heavy atom. The highest BCUT2D eigenvalue weighted by molar-refractivity contribution is 14.1. The first-order valence-corrected chi connectivity index (χ1v) is 11.5. The normalized spacial score (nSPS) is 14.2. The Kier molecular flexibility index (Phi) is 10.4. The maximum Gasteiger partial charge on any atom is 0.414 e. The minimum absolute atomic E-state index is 0.0587. The number of carbonyl (C=O) groups is 3. The van der Waals surface area contributed by atoms with E-state index in [1.165, 1.54) is 12.7 Å². The molecule has 10 nitrogen and oxygen atoms in total. The third kappa shape index (κ3) is 8.06. The van der Waals surface area contributed by atoms with Gasteiger partial charge in [-0.1, -0.05) is 6.07 Å². The van der Waals surface area contributed by atoms with Crippen LogP contribution in [0.1, 0.15) is 35.6 Å². The van der Waals surface area contributed by atoms with Crippen LogP contribution in [0.2, 0.25) is 0 Å². The van der Waals surface area contributed by atoms with Crippen molar-refractivity contribution >= 4 is 46.2 Å². The van der Waals surface area contributed by atoms with Crippen molar-refractivity contribution in [2.24, 2.45) is 0 Å². The summed E-state index contributed by atoms with van der Waals surface area (Å²) in [7, 11) is 1.40. The van der Waals surface area contributed by atoms with Crippen LogP contribution in [0.25, 0.3) is 0 Å². The summed E-state index contributed by atoms with van der Waals surface area (Å²) in [6.07, 6.45) is 2.78. The summed E-state index contributed by atoms with van der Waals surface area (Å²) in [6.45, 7) is 1.56. The number of hydrogen-bond acceptors (Lipinski definition) is 8. The molecule has 0 saturated heterocycles. The Labute approximate surface area is 210 Å². The molecule has 11 heteroatoms. The van der Waals surface area contributed by atoms with E-state index in [1.54, 1.807) is 12.1 Å². The molecule has 6 N–H and O–H groups in total. The highest BCUT2D eigenvalue weighted by Gasteiger charge is 2.22. The zero-order valence-electron chi connectivity index (χ0n) is 18.5. The largest absolute Gasteiger partial charge is 0.504 e. The number of ether oxygens (including phenoxy) is 1. The SMILES string of the molecule is COC(=O)CCCNc1ccc(C[C@H]2NCCc3cc(O)c(O)cc32)cc1I.O=C(O)C(=O)O. The van der Waals surface area contributed by atoms with Crippen molar-refractivity contribution in [1.29, 1.82) is 0 Å². The molecule has 1 aliphatic heterocycles. The Balaban J connectivity index is 0.000000604. The number of carboxylic acids is 2. The van der Waals surface area contributed by atoms with Crippen LogP contribution in [0.15, 0.2) is 30.3 Å². The fraction of sp³-hybridized carbons (Fsp3) is 0.348. The fourth-order valence-corrected chi connectivity index (χ4v) is 4.24. The van der Waals surface area contributed by atoms with E-state index in [0.717, 1.165) is 46.2 Å². The van der Waals surface area contributed by atoms with E-state index in [-0.39, 0.29) is 23.5 Å². The molecular formula is C23H27IN2O8. The summed E-state index contributed by atoms with van der Waals surface area (Å²) in [5.41, 5.74) is 4.37. The van der Waals surface area contributed by atoms with Gasteiger partial charge in [0.2, 0.25) is 0 Å². The number of aromatic hydroxyl groups is 2. The summed E-state index contributed by atoms with van der Waals surface area (Å²) in [5.74, 6) is -3.97. The third-order valence-electron chi connectivity index (χ3n) is 5.15. The Morgan fingerprint density at radius 2 is 1.79 bits per heavy atom. The topological polar surface area (TPSA) is 165 Å². The molecule has 34 heavy (non-hydrogen) atoms. The molecule has 3 rings (SSSR count). The molecule has 2 aromatic rings. The number of methoxy groups -OCH3 is 1. The second kappa shape index (κ2) is 13.0. The second-order valence-corrected chi connectivity index (χ2v) is 8.69. The molecule has 2 aromatic carbocycles. The minimum Gasteiger partial charge on any atom is -0.504 e. The number of esters is 1. The Morgan fingerprint density at radius 1 is 1.12 bits per heavy atom. The van der Waals surface area contributed by atoms with Crippen LogP contribution >= 0.6 is 22.6 Å². The molecule has 0 aliphatic carbocycles. The summed E-state index contributed by atoms with van der Waals surface area (Å²) in [5, 5.41) is 41.3. The molecule has 0 unspecified atom stereocenters. The van der Waals surface area contributed by atoms with E-state index in [0.29, 0.717) is 13.0 Å². The number of nitrogens with one attached hydrogen (secondary N) is 2. The van der Waals surface area contributed by atoms with E-state index in [9.17, 15) is 15.0 Å². The van der Waals surface area contributed by atoms with Gasteiger partial charge in [0, 0.05) is 28.3 Å². The Bertz CT molecular complexity index is 1030. The van der Waals surface area contributed by atoms with Crippen LogP contribution in [-0.4, -0.2) is 58.5 Å². The van der Waals surface area contributed by atoms with Crippen LogP contribution in [0.5, 0.6) is 11.5 Å². The van der Waals surface area contributed by atoms with Crippen molar-refractivity contribution in [3.63, 3.8) is 0 Å². The second-order valence-electron chi connectivity index (χ2n) is 7.53. The zero-order chi connectivity index (χ0) is 25.3. The van der Waals surface area contributed by atoms with E-state index < -0.39 is 11.9 Å². The highest BCUT2D eigenvalue weighted by Crippen LogP contribution is 2.35. The van der Waals surface area contributed by atoms with Crippen LogP contribution in [-0.2, 0) is 32.0 Å². The third-order valence-corrected chi connectivity index (χ3v) is 6.05. The van der Waals surface area contributed by atoms with Crippen molar-refractivity contribution in [2.45, 2.75) is 31.7 Å². The van der Waals surface area contributed by atoms with Gasteiger partial charge in [0.1, 0.15) is 0 Å². The van der Waals surface area contributed by atoms with Crippen molar-refractivity contribution in [2.75, 3.05) is 25.5 Å². The first kappa shape index (κ1) is 27.2. The van der Waals surface area contributed by atoms with Gasteiger partial charge in [-0.3, -0.25) is 4.79 Å². The van der Waals surface area contributed by atoms with Crippen molar-refractivity contribution in [3.8, 4) is 11.5 Å². The molecule has 0 saturated carbocycles. The zero-order valence-corrected chi connectivity index (χ0v) is 20.7. The molecule has 1 atom stereocenters. The first-order chi connectivity index (χ1) is 16.1.